The van der Waals surface area contributed by atoms with Crippen molar-refractivity contribution in [1.82, 2.24) is 0 Å². The molecule has 0 atom stereocenters. The number of ketones is 1. The number of aliphatic carboxylic acids is 1. The molecule has 0 saturated carbocycles. The van der Waals surface area contributed by atoms with E-state index in [2.05, 4.69) is 15.9 Å². The summed E-state index contributed by atoms with van der Waals surface area (Å²) >= 11 is 4.42. The van der Waals surface area contributed by atoms with Gasteiger partial charge in [0.1, 0.15) is 6.42 Å². The van der Waals surface area contributed by atoms with E-state index < -0.39 is 12.4 Å². The van der Waals surface area contributed by atoms with E-state index in [0.717, 1.165) is 4.47 Å². The summed E-state index contributed by atoms with van der Waals surface area (Å²) in [6.45, 7) is 0. The second kappa shape index (κ2) is 3.82. The molecule has 1 N–H and O–H groups in total. The highest BCUT2D eigenvalue weighted by molar-refractivity contribution is 9.10. The minimum Gasteiger partial charge on any atom is -0.481 e. The van der Waals surface area contributed by atoms with Gasteiger partial charge < -0.3 is 5.11 Å². The van der Waals surface area contributed by atoms with Crippen LogP contribution in [0.1, 0.15) is 16.1 Å². The third-order valence-electron chi connectivity index (χ3n) is 1.15. The molecule has 0 fully saturated rings. The molecule has 0 aromatic carbocycles. The van der Waals surface area contributed by atoms with E-state index in [9.17, 15) is 9.59 Å². The van der Waals surface area contributed by atoms with Crippen LogP contribution in [-0.2, 0) is 4.79 Å². The van der Waals surface area contributed by atoms with E-state index in [0.29, 0.717) is 4.88 Å². The summed E-state index contributed by atoms with van der Waals surface area (Å²) in [6.07, 6.45) is -0.438. The molecular formula is C7H5BrO3S. The number of halogens is 1. The Hall–Kier alpha value is -0.680. The van der Waals surface area contributed by atoms with Crippen molar-refractivity contribution in [3.05, 3.63) is 20.8 Å². The lowest BCUT2D eigenvalue weighted by Crippen LogP contribution is -2.04. The standard InChI is InChI=1S/C7H5BrO3S/c8-4-1-6(12-3-4)5(9)2-7(10)11/h1,3H,2H2,(H,10,11). The van der Waals surface area contributed by atoms with Gasteiger partial charge in [-0.3, -0.25) is 9.59 Å². The van der Waals surface area contributed by atoms with Crippen LogP contribution in [0, 0.1) is 0 Å². The van der Waals surface area contributed by atoms with Crippen LogP contribution in [0.4, 0.5) is 0 Å². The van der Waals surface area contributed by atoms with E-state index in [1.807, 2.05) is 0 Å². The molecule has 5 heteroatoms. The van der Waals surface area contributed by atoms with Gasteiger partial charge in [0.05, 0.1) is 4.88 Å². The van der Waals surface area contributed by atoms with E-state index >= 15 is 0 Å². The number of rotatable bonds is 3. The maximum Gasteiger partial charge on any atom is 0.311 e. The summed E-state index contributed by atoms with van der Waals surface area (Å²) in [5.41, 5.74) is 0. The lowest BCUT2D eigenvalue weighted by Gasteiger charge is -1.89. The van der Waals surface area contributed by atoms with Crippen molar-refractivity contribution in [2.75, 3.05) is 0 Å². The van der Waals surface area contributed by atoms with Gasteiger partial charge in [0.25, 0.3) is 0 Å². The minimum absolute atomic E-state index is 0.349. The molecule has 0 unspecified atom stereocenters. The average Bonchev–Trinajstić information content (AvgIpc) is 2.34. The Labute approximate surface area is 81.2 Å². The lowest BCUT2D eigenvalue weighted by atomic mass is 10.2. The first kappa shape index (κ1) is 9.41. The Bertz CT molecular complexity index is 318. The van der Waals surface area contributed by atoms with Crippen LogP contribution < -0.4 is 0 Å². The van der Waals surface area contributed by atoms with Crippen LogP contribution in [-0.4, -0.2) is 16.9 Å². The number of carbonyl (C=O) groups excluding carboxylic acids is 1. The molecule has 0 bridgehead atoms. The predicted molar refractivity (Wildman–Crippen MR) is 48.6 cm³/mol. The predicted octanol–water partition coefficient (Wildman–Crippen LogP) is 2.17. The molecule has 0 aliphatic carbocycles. The zero-order chi connectivity index (χ0) is 9.14. The van der Waals surface area contributed by atoms with Gasteiger partial charge in [-0.05, 0) is 22.0 Å². The second-order valence-corrected chi connectivity index (χ2v) is 3.95. The topological polar surface area (TPSA) is 54.4 Å². The maximum absolute atomic E-state index is 11.1. The first-order valence-corrected chi connectivity index (χ1v) is 4.76. The van der Waals surface area contributed by atoms with Gasteiger partial charge in [0, 0.05) is 9.85 Å². The molecule has 0 spiro atoms. The average molecular weight is 249 g/mol. The van der Waals surface area contributed by atoms with E-state index in [1.54, 1.807) is 11.4 Å². The van der Waals surface area contributed by atoms with Crippen molar-refractivity contribution in [2.45, 2.75) is 6.42 Å². The minimum atomic E-state index is -1.09. The third kappa shape index (κ3) is 2.42. The quantitative estimate of drug-likeness (QED) is 0.659. The first-order chi connectivity index (χ1) is 5.59. The number of hydrogen-bond acceptors (Lipinski definition) is 3. The lowest BCUT2D eigenvalue weighted by molar-refractivity contribution is -0.135. The number of Topliss-reactive ketones (excluding diaryl/α,β-unsaturated/α-hetero) is 1. The Morgan fingerprint density at radius 1 is 1.58 bits per heavy atom. The number of thiophene rings is 1. The normalized spacial score (nSPS) is 9.75. The molecule has 12 heavy (non-hydrogen) atoms. The van der Waals surface area contributed by atoms with Crippen molar-refractivity contribution in [2.24, 2.45) is 0 Å². The number of hydrogen-bond donors (Lipinski definition) is 1. The summed E-state index contributed by atoms with van der Waals surface area (Å²) < 4.78 is 0.807. The zero-order valence-corrected chi connectivity index (χ0v) is 8.31. The Kier molecular flexibility index (Phi) is 2.99. The summed E-state index contributed by atoms with van der Waals surface area (Å²) in [5, 5.41) is 10.1. The first-order valence-electron chi connectivity index (χ1n) is 3.08. The van der Waals surface area contributed by atoms with Gasteiger partial charge in [0.15, 0.2) is 5.78 Å². The summed E-state index contributed by atoms with van der Waals surface area (Å²) in [7, 11) is 0. The molecule has 3 nitrogen and oxygen atoms in total. The number of carbonyl (C=O) groups is 2. The smallest absolute Gasteiger partial charge is 0.311 e. The van der Waals surface area contributed by atoms with Crippen molar-refractivity contribution >= 4 is 39.0 Å². The molecule has 0 saturated heterocycles. The largest absolute Gasteiger partial charge is 0.481 e. The van der Waals surface area contributed by atoms with Gasteiger partial charge in [-0.25, -0.2) is 0 Å². The highest BCUT2D eigenvalue weighted by Crippen LogP contribution is 2.20. The zero-order valence-electron chi connectivity index (χ0n) is 5.91. The van der Waals surface area contributed by atoms with Crippen molar-refractivity contribution in [1.29, 1.82) is 0 Å². The SMILES string of the molecule is O=C(O)CC(=O)c1cc(Br)cs1. The van der Waals surface area contributed by atoms with Gasteiger partial charge in [-0.15, -0.1) is 11.3 Å². The van der Waals surface area contributed by atoms with Crippen molar-refractivity contribution < 1.29 is 14.7 Å². The molecule has 64 valence electrons. The summed E-state index contributed by atoms with van der Waals surface area (Å²) in [5.74, 6) is -1.44. The molecule has 0 radical (unpaired) electrons. The molecule has 0 amide bonds. The Morgan fingerprint density at radius 3 is 2.67 bits per heavy atom. The fourth-order valence-corrected chi connectivity index (χ4v) is 2.05. The molecule has 1 rings (SSSR count). The second-order valence-electron chi connectivity index (χ2n) is 2.12. The van der Waals surface area contributed by atoms with E-state index in [-0.39, 0.29) is 5.78 Å². The molecular weight excluding hydrogens is 244 g/mol. The van der Waals surface area contributed by atoms with Gasteiger partial charge >= 0.3 is 5.97 Å². The molecule has 1 heterocycles. The highest BCUT2D eigenvalue weighted by atomic mass is 79.9. The fraction of sp³-hybridized carbons (Fsp3) is 0.143. The third-order valence-corrected chi connectivity index (χ3v) is 2.89. The molecule has 1 aromatic heterocycles. The maximum atomic E-state index is 11.1. The Morgan fingerprint density at radius 2 is 2.25 bits per heavy atom. The summed E-state index contributed by atoms with van der Waals surface area (Å²) in [6, 6.07) is 1.62. The number of carboxylic acids is 1. The van der Waals surface area contributed by atoms with Crippen LogP contribution >= 0.6 is 27.3 Å². The van der Waals surface area contributed by atoms with Gasteiger partial charge in [-0.2, -0.15) is 0 Å². The van der Waals surface area contributed by atoms with Crippen LogP contribution in [0.5, 0.6) is 0 Å². The van der Waals surface area contributed by atoms with Crippen LogP contribution in [0.25, 0.3) is 0 Å². The highest BCUT2D eigenvalue weighted by Gasteiger charge is 2.11. The molecule has 0 aliphatic rings. The van der Waals surface area contributed by atoms with Crippen LogP contribution in [0.2, 0.25) is 0 Å². The fourth-order valence-electron chi connectivity index (χ4n) is 0.684. The Balaban J connectivity index is 2.72. The van der Waals surface area contributed by atoms with Crippen molar-refractivity contribution in [3.8, 4) is 0 Å². The summed E-state index contributed by atoms with van der Waals surface area (Å²) in [4.78, 5) is 21.7. The van der Waals surface area contributed by atoms with Crippen LogP contribution in [0.15, 0.2) is 15.9 Å². The van der Waals surface area contributed by atoms with Crippen LogP contribution in [0.3, 0.4) is 0 Å². The van der Waals surface area contributed by atoms with Gasteiger partial charge in [-0.1, -0.05) is 0 Å². The van der Waals surface area contributed by atoms with E-state index in [4.69, 9.17) is 5.11 Å². The van der Waals surface area contributed by atoms with Crippen molar-refractivity contribution in [3.63, 3.8) is 0 Å². The number of carboxylic acid groups (broad SMARTS) is 1. The monoisotopic (exact) mass is 248 g/mol. The van der Waals surface area contributed by atoms with Gasteiger partial charge in [0.2, 0.25) is 0 Å². The van der Waals surface area contributed by atoms with E-state index in [1.165, 1.54) is 11.3 Å². The molecule has 0 aliphatic heterocycles. The molecule has 1 aromatic rings.